The topological polar surface area (TPSA) is 153 Å². The number of aliphatic hydroxyl groups excluding tert-OH is 2. The van der Waals surface area contributed by atoms with Crippen LogP contribution in [0.15, 0.2) is 30.3 Å². The lowest BCUT2D eigenvalue weighted by Gasteiger charge is -2.70. The van der Waals surface area contributed by atoms with Gasteiger partial charge in [-0.3, -0.25) is 9.69 Å². The predicted octanol–water partition coefficient (Wildman–Crippen LogP) is 6.11. The molecule has 15 atom stereocenters. The van der Waals surface area contributed by atoms with Crippen LogP contribution in [-0.2, 0) is 33.2 Å². The van der Waals surface area contributed by atoms with E-state index in [1.165, 1.54) is 64.9 Å². The van der Waals surface area contributed by atoms with E-state index in [-0.39, 0.29) is 31.4 Å². The molecular weight excluding hydrogens is 767 g/mol. The van der Waals surface area contributed by atoms with Crippen LogP contribution < -0.4 is 0 Å². The zero-order valence-corrected chi connectivity index (χ0v) is 37.2. The molecule has 3 N–H and O–H groups in total. The van der Waals surface area contributed by atoms with Gasteiger partial charge in [-0.05, 0) is 37.4 Å². The largest absolute Gasteiger partial charge is 0.455 e. The summed E-state index contributed by atoms with van der Waals surface area (Å²) in [6.45, 7) is 5.68. The first-order chi connectivity index (χ1) is 29.0. The zero-order valence-electron chi connectivity index (χ0n) is 37.2. The second kappa shape index (κ2) is 18.9. The number of benzene rings is 1. The number of hydrogen-bond acceptors (Lipinski definition) is 12. The number of aliphatic hydroxyl groups is 3. The summed E-state index contributed by atoms with van der Waals surface area (Å²) in [4.78, 5) is 31.0. The van der Waals surface area contributed by atoms with Gasteiger partial charge in [-0.1, -0.05) is 109 Å². The van der Waals surface area contributed by atoms with E-state index in [4.69, 9.17) is 28.4 Å². The summed E-state index contributed by atoms with van der Waals surface area (Å²) in [7, 11) is 6.41. The molecule has 1 aliphatic heterocycles. The number of unbranched alkanes of at least 4 members (excludes halogenated alkanes) is 12. The Balaban J connectivity index is 1.23. The van der Waals surface area contributed by atoms with Gasteiger partial charge in [-0.2, -0.15) is 0 Å². The third kappa shape index (κ3) is 7.10. The fourth-order valence-electron chi connectivity index (χ4n) is 14.6. The minimum atomic E-state index is -1.84. The summed E-state index contributed by atoms with van der Waals surface area (Å²) in [5.74, 6) is -3.47. The highest BCUT2D eigenvalue weighted by Gasteiger charge is 2.92. The number of nitrogens with zero attached hydrogens (tertiary/aromatic N) is 1. The van der Waals surface area contributed by atoms with Crippen molar-refractivity contribution in [1.29, 1.82) is 0 Å². The third-order valence-corrected chi connectivity index (χ3v) is 16.6. The third-order valence-electron chi connectivity index (χ3n) is 16.6. The van der Waals surface area contributed by atoms with E-state index in [9.17, 15) is 24.9 Å². The fraction of sp³-hybridized carbons (Fsp3) is 0.833. The molecule has 6 fully saturated rings. The van der Waals surface area contributed by atoms with Gasteiger partial charge in [0, 0.05) is 82.5 Å². The minimum Gasteiger partial charge on any atom is -0.455 e. The lowest BCUT2D eigenvalue weighted by molar-refractivity contribution is -0.323. The number of methoxy groups -OCH3 is 4. The van der Waals surface area contributed by atoms with Gasteiger partial charge in [-0.15, -0.1) is 0 Å². The number of piperidine rings is 1. The van der Waals surface area contributed by atoms with E-state index in [1.54, 1.807) is 45.6 Å². The normalized spacial score (nSPS) is 41.0. The molecule has 12 heteroatoms. The Labute approximate surface area is 358 Å². The first-order valence-corrected chi connectivity index (χ1v) is 23.4. The molecule has 0 amide bonds. The lowest BCUT2D eigenvalue weighted by Crippen LogP contribution is -2.81. The SMILES string of the molecule is CCCCCCCCCCCCCCCC(=O)O[C@]12[C@H]3[C@@H](OC(=O)c4ccccc4)[C@](O)(C[C@H]3[C@@]34C5[C@@H]1[C@H](OC)[C@@H]3[C@](COC)(CN5CC)[C@H](O)C[C@@H]4OC)[C@@H](OC)[C@@H]2O. The van der Waals surface area contributed by atoms with Crippen LogP contribution in [0.1, 0.15) is 127 Å². The van der Waals surface area contributed by atoms with Crippen LogP contribution in [0.5, 0.6) is 0 Å². The van der Waals surface area contributed by atoms with Crippen LogP contribution in [0.3, 0.4) is 0 Å². The fourth-order valence-corrected chi connectivity index (χ4v) is 14.6. The standard InChI is InChI=1S/C48H75NO11/c1-7-9-10-11-12-13-14-15-16-17-18-19-23-26-35(51)60-48-36-32(28-46(54,43(58-6)41(48)52)42(36)59-44(53)31-24-21-20-22-25-31)47-34(56-4)27-33(50)45(30-55-3)29-49(8-2)40(47)37(48)38(57-5)39(45)47/h20-22,24-25,32-34,36-43,50,52,54H,7-19,23,26-30H2,1-6H3/t32-,33-,34+,36-,37+,38+,39-,40?,41+,42-,43+,45+,46-,47+,48-/m1/s1. The molecule has 338 valence electrons. The number of fused-ring (bicyclic) bond motifs is 2. The molecule has 5 saturated carbocycles. The number of ether oxygens (including phenoxy) is 6. The summed E-state index contributed by atoms with van der Waals surface area (Å²) >= 11 is 0. The molecule has 1 saturated heterocycles. The lowest BCUT2D eigenvalue weighted by atomic mass is 9.42. The summed E-state index contributed by atoms with van der Waals surface area (Å²) < 4.78 is 38.7. The molecule has 1 heterocycles. The second-order valence-corrected chi connectivity index (χ2v) is 19.3. The van der Waals surface area contributed by atoms with Gasteiger partial charge < -0.3 is 43.7 Å². The molecule has 7 bridgehead atoms. The van der Waals surface area contributed by atoms with Crippen molar-refractivity contribution in [3.8, 4) is 0 Å². The number of hydrogen-bond donors (Lipinski definition) is 3. The van der Waals surface area contributed by atoms with E-state index in [0.717, 1.165) is 19.3 Å². The molecule has 1 aromatic carbocycles. The molecule has 6 aliphatic rings. The summed E-state index contributed by atoms with van der Waals surface area (Å²) in [6, 6.07) is 8.32. The van der Waals surface area contributed by atoms with Crippen molar-refractivity contribution in [2.45, 2.75) is 170 Å². The Kier molecular flexibility index (Phi) is 14.4. The number of carbonyl (C=O) groups is 2. The average Bonchev–Trinajstić information content (AvgIpc) is 3.62. The van der Waals surface area contributed by atoms with E-state index >= 15 is 0 Å². The Morgan fingerprint density at radius 1 is 0.800 bits per heavy atom. The Bertz CT molecular complexity index is 1600. The van der Waals surface area contributed by atoms with Crippen LogP contribution in [0.25, 0.3) is 0 Å². The van der Waals surface area contributed by atoms with Crippen molar-refractivity contribution < 1.29 is 53.3 Å². The smallest absolute Gasteiger partial charge is 0.338 e. The van der Waals surface area contributed by atoms with Gasteiger partial charge in [0.05, 0.1) is 30.5 Å². The van der Waals surface area contributed by atoms with Gasteiger partial charge in [0.25, 0.3) is 0 Å². The molecule has 1 spiro atoms. The molecular formula is C48H75NO11. The molecule has 0 radical (unpaired) electrons. The molecule has 1 aromatic rings. The average molecular weight is 842 g/mol. The Morgan fingerprint density at radius 3 is 2.00 bits per heavy atom. The molecule has 1 unspecified atom stereocenters. The highest BCUT2D eigenvalue weighted by Crippen LogP contribution is 2.80. The van der Waals surface area contributed by atoms with Crippen LogP contribution in [0.2, 0.25) is 0 Å². The van der Waals surface area contributed by atoms with Gasteiger partial charge in [0.15, 0.2) is 5.60 Å². The monoisotopic (exact) mass is 842 g/mol. The van der Waals surface area contributed by atoms with Gasteiger partial charge in [0.2, 0.25) is 0 Å². The molecule has 0 aromatic heterocycles. The van der Waals surface area contributed by atoms with Crippen molar-refractivity contribution in [3.05, 3.63) is 35.9 Å². The van der Waals surface area contributed by atoms with E-state index in [1.807, 2.05) is 6.07 Å². The van der Waals surface area contributed by atoms with Crippen LogP contribution >= 0.6 is 0 Å². The van der Waals surface area contributed by atoms with Crippen LogP contribution in [0, 0.1) is 34.5 Å². The number of rotatable bonds is 23. The predicted molar refractivity (Wildman–Crippen MR) is 225 cm³/mol. The van der Waals surface area contributed by atoms with E-state index < -0.39 is 88.3 Å². The maximum Gasteiger partial charge on any atom is 0.338 e. The Morgan fingerprint density at radius 2 is 1.43 bits per heavy atom. The van der Waals surface area contributed by atoms with E-state index in [0.29, 0.717) is 31.5 Å². The Hall–Kier alpha value is -2.16. The highest BCUT2D eigenvalue weighted by atomic mass is 16.6. The van der Waals surface area contributed by atoms with Gasteiger partial charge in [-0.25, -0.2) is 4.79 Å². The van der Waals surface area contributed by atoms with E-state index in [2.05, 4.69) is 18.7 Å². The first-order valence-electron chi connectivity index (χ1n) is 23.4. The van der Waals surface area contributed by atoms with Crippen molar-refractivity contribution in [2.24, 2.45) is 34.5 Å². The zero-order chi connectivity index (χ0) is 42.9. The number of likely N-dealkylation sites (tertiary alicyclic amines) is 1. The van der Waals surface area contributed by atoms with Gasteiger partial charge >= 0.3 is 11.9 Å². The second-order valence-electron chi connectivity index (χ2n) is 19.3. The van der Waals surface area contributed by atoms with Gasteiger partial charge in [0.1, 0.15) is 23.9 Å². The van der Waals surface area contributed by atoms with Crippen molar-refractivity contribution >= 4 is 11.9 Å². The molecule has 60 heavy (non-hydrogen) atoms. The molecule has 12 nitrogen and oxygen atoms in total. The van der Waals surface area contributed by atoms with Crippen molar-refractivity contribution in [2.75, 3.05) is 48.1 Å². The van der Waals surface area contributed by atoms with Crippen LogP contribution in [-0.4, -0.2) is 134 Å². The first kappa shape index (κ1) is 45.9. The molecule has 7 rings (SSSR count). The number of esters is 2. The minimum absolute atomic E-state index is 0.0881. The molecule has 5 aliphatic carbocycles. The maximum atomic E-state index is 14.5. The summed E-state index contributed by atoms with van der Waals surface area (Å²) in [5, 5.41) is 38.3. The van der Waals surface area contributed by atoms with Crippen LogP contribution in [0.4, 0.5) is 0 Å². The summed E-state index contributed by atoms with van der Waals surface area (Å²) in [5.41, 5.74) is -4.82. The van der Waals surface area contributed by atoms with Crippen molar-refractivity contribution in [1.82, 2.24) is 4.90 Å². The maximum absolute atomic E-state index is 14.5. The quantitative estimate of drug-likeness (QED) is 0.0861. The highest BCUT2D eigenvalue weighted by molar-refractivity contribution is 5.89. The van der Waals surface area contributed by atoms with Crippen molar-refractivity contribution in [3.63, 3.8) is 0 Å². The summed E-state index contributed by atoms with van der Waals surface area (Å²) in [6.07, 6.45) is 10.0. The number of carbonyl (C=O) groups excluding carboxylic acids is 2.